The second-order valence-corrected chi connectivity index (χ2v) is 8.84. The predicted octanol–water partition coefficient (Wildman–Crippen LogP) is 7.36. The number of thioether (sulfide) groups is 1. The van der Waals surface area contributed by atoms with E-state index in [9.17, 15) is 84.2 Å². The number of carbonyl (C=O) groups is 2. The summed E-state index contributed by atoms with van der Waals surface area (Å²) in [5.74, 6) is -30.2. The molecule has 22 heteroatoms. The summed E-state index contributed by atoms with van der Waals surface area (Å²) in [6.07, 6.45) is -30.5. The fourth-order valence-electron chi connectivity index (χ4n) is 3.37. The molecule has 0 spiro atoms. The molecule has 240 valence electrons. The van der Waals surface area contributed by atoms with Crippen LogP contribution < -0.4 is 0 Å². The number of allylic oxidation sites excluding steroid dienone is 1. The van der Waals surface area contributed by atoms with E-state index in [4.69, 9.17) is 0 Å². The van der Waals surface area contributed by atoms with Crippen molar-refractivity contribution < 1.29 is 93.7 Å². The molecule has 0 fully saturated rings. The van der Waals surface area contributed by atoms with Gasteiger partial charge in [-0.3, -0.25) is 4.79 Å². The van der Waals surface area contributed by atoms with Crippen molar-refractivity contribution in [1.82, 2.24) is 0 Å². The highest BCUT2D eigenvalue weighted by atomic mass is 32.2. The summed E-state index contributed by atoms with van der Waals surface area (Å²) in [5, 5.41) is -3.68. The summed E-state index contributed by atoms with van der Waals surface area (Å²) < 4.78 is 240. The molecule has 1 aromatic carbocycles. The fraction of sp³-hybridized carbons (Fsp3) is 0.500. The first-order valence-corrected chi connectivity index (χ1v) is 11.0. The second kappa shape index (κ2) is 12.7. The number of alkyl halides is 12. The van der Waals surface area contributed by atoms with Crippen molar-refractivity contribution in [2.24, 2.45) is 11.8 Å². The Kier molecular flexibility index (Phi) is 11.2. The lowest BCUT2D eigenvalue weighted by Gasteiger charge is -2.35. The maximum absolute atomic E-state index is 14.2. The number of rotatable bonds is 8. The second-order valence-electron chi connectivity index (χ2n) is 7.72. The zero-order valence-corrected chi connectivity index (χ0v) is 20.7. The van der Waals surface area contributed by atoms with Crippen LogP contribution in [-0.2, 0) is 19.1 Å². The number of hydrogen-bond acceptors (Lipinski definition) is 5. The molecule has 0 radical (unpaired) electrons. The highest BCUT2D eigenvalue weighted by Crippen LogP contribution is 2.54. The maximum Gasteiger partial charge on any atom is 0.413 e. The molecule has 0 heterocycles. The van der Waals surface area contributed by atoms with E-state index in [-0.39, 0.29) is 14.2 Å². The lowest BCUT2D eigenvalue weighted by Crippen LogP contribution is -2.47. The SMILES string of the molecule is COC(=O)/C(=C(\C(C(CC(F)(F)F)C(F)(F)F)C(F)(F)F)C(F)(F)F)C(Sc1c(F)c(F)c(F)c(F)c1F)C(=O)OC. The Bertz CT molecular complexity index is 1180. The first kappa shape index (κ1) is 37.1. The average molecular weight is 670 g/mol. The minimum Gasteiger partial charge on any atom is -0.468 e. The van der Waals surface area contributed by atoms with Gasteiger partial charge in [0, 0.05) is 0 Å². The summed E-state index contributed by atoms with van der Waals surface area (Å²) in [6.45, 7) is 0. The van der Waals surface area contributed by atoms with E-state index in [1.165, 1.54) is 0 Å². The van der Waals surface area contributed by atoms with Gasteiger partial charge in [0.25, 0.3) is 0 Å². The number of ether oxygens (including phenoxy) is 2. The van der Waals surface area contributed by atoms with Gasteiger partial charge in [0.15, 0.2) is 23.3 Å². The number of halogens is 17. The highest BCUT2D eigenvalue weighted by molar-refractivity contribution is 8.00. The zero-order chi connectivity index (χ0) is 33.3. The fourth-order valence-corrected chi connectivity index (χ4v) is 4.52. The minimum atomic E-state index is -6.97. The molecule has 0 saturated heterocycles. The van der Waals surface area contributed by atoms with Crippen LogP contribution >= 0.6 is 11.8 Å². The first-order valence-electron chi connectivity index (χ1n) is 10.1. The van der Waals surface area contributed by atoms with Crippen LogP contribution in [0.3, 0.4) is 0 Å². The van der Waals surface area contributed by atoms with Crippen molar-refractivity contribution in [2.75, 3.05) is 14.2 Å². The van der Waals surface area contributed by atoms with E-state index in [1.807, 2.05) is 0 Å². The highest BCUT2D eigenvalue weighted by Gasteiger charge is 2.64. The monoisotopic (exact) mass is 670 g/mol. The molecule has 0 bridgehead atoms. The summed E-state index contributed by atoms with van der Waals surface area (Å²) in [6, 6.07) is 0. The van der Waals surface area contributed by atoms with Crippen LogP contribution in [0.5, 0.6) is 0 Å². The van der Waals surface area contributed by atoms with Crippen LogP contribution in [-0.4, -0.2) is 56.1 Å². The molecule has 3 atom stereocenters. The van der Waals surface area contributed by atoms with Crippen LogP contribution in [0.2, 0.25) is 0 Å². The van der Waals surface area contributed by atoms with E-state index < -0.39 is 117 Å². The van der Waals surface area contributed by atoms with E-state index in [0.29, 0.717) is 0 Å². The van der Waals surface area contributed by atoms with Crippen molar-refractivity contribution in [2.45, 2.75) is 41.3 Å². The Labute approximate surface area is 225 Å². The Hall–Kier alpha value is -2.94. The van der Waals surface area contributed by atoms with Gasteiger partial charge in [-0.25, -0.2) is 26.7 Å². The zero-order valence-electron chi connectivity index (χ0n) is 19.9. The third kappa shape index (κ3) is 8.33. The molecule has 0 aliphatic carbocycles. The lowest BCUT2D eigenvalue weighted by molar-refractivity contribution is -0.276. The third-order valence-corrected chi connectivity index (χ3v) is 6.28. The molecule has 0 aliphatic rings. The molecule has 0 amide bonds. The Morgan fingerprint density at radius 2 is 1.12 bits per heavy atom. The van der Waals surface area contributed by atoms with Gasteiger partial charge in [-0.1, -0.05) is 11.8 Å². The van der Waals surface area contributed by atoms with Gasteiger partial charge < -0.3 is 9.47 Å². The molecule has 0 N–H and O–H groups in total. The number of benzene rings is 1. The van der Waals surface area contributed by atoms with Gasteiger partial charge in [0.2, 0.25) is 5.82 Å². The molecular weight excluding hydrogens is 659 g/mol. The topological polar surface area (TPSA) is 52.6 Å². The van der Waals surface area contributed by atoms with Crippen molar-refractivity contribution in [3.05, 3.63) is 40.2 Å². The standard InChI is InChI=1S/C20H11F17O4S/c1-40-15(38)5(13(16(39)41-2)42-14-11(24)9(22)8(21)10(23)12(14)25)7(20(35,36)37)6(19(32,33)34)4(18(29,30)31)3-17(26,27)28/h4,6,13H,3H2,1-2H3/b7-5+. The molecule has 4 nitrogen and oxygen atoms in total. The van der Waals surface area contributed by atoms with Crippen LogP contribution in [0, 0.1) is 40.9 Å². The Morgan fingerprint density at radius 3 is 1.43 bits per heavy atom. The van der Waals surface area contributed by atoms with Gasteiger partial charge in [-0.2, -0.15) is 52.7 Å². The van der Waals surface area contributed by atoms with Crippen molar-refractivity contribution in [1.29, 1.82) is 0 Å². The van der Waals surface area contributed by atoms with Crippen molar-refractivity contribution >= 4 is 23.7 Å². The Balaban J connectivity index is 4.44. The van der Waals surface area contributed by atoms with Crippen LogP contribution in [0.15, 0.2) is 16.0 Å². The summed E-state index contributed by atoms with van der Waals surface area (Å²) in [5.41, 5.74) is -6.82. The molecule has 1 rings (SSSR count). The van der Waals surface area contributed by atoms with E-state index in [2.05, 4.69) is 9.47 Å². The number of hydrogen-bond donors (Lipinski definition) is 0. The van der Waals surface area contributed by atoms with Crippen LogP contribution in [0.4, 0.5) is 74.6 Å². The first-order chi connectivity index (χ1) is 18.7. The number of carbonyl (C=O) groups excluding carboxylic acids is 2. The summed E-state index contributed by atoms with van der Waals surface area (Å²) in [7, 11) is 0.229. The quantitative estimate of drug-likeness (QED) is 0.0723. The number of methoxy groups -OCH3 is 2. The molecule has 0 aromatic heterocycles. The molecule has 42 heavy (non-hydrogen) atoms. The maximum atomic E-state index is 14.2. The summed E-state index contributed by atoms with van der Waals surface area (Å²) >= 11 is -1.33. The third-order valence-electron chi connectivity index (χ3n) is 5.02. The molecular formula is C20H11F17O4S. The van der Waals surface area contributed by atoms with E-state index >= 15 is 0 Å². The van der Waals surface area contributed by atoms with Crippen molar-refractivity contribution in [3.63, 3.8) is 0 Å². The van der Waals surface area contributed by atoms with Gasteiger partial charge in [-0.05, 0) is 0 Å². The smallest absolute Gasteiger partial charge is 0.413 e. The molecule has 0 saturated carbocycles. The summed E-state index contributed by atoms with van der Waals surface area (Å²) in [4.78, 5) is 22.3. The largest absolute Gasteiger partial charge is 0.468 e. The van der Waals surface area contributed by atoms with E-state index in [1.54, 1.807) is 0 Å². The van der Waals surface area contributed by atoms with Crippen LogP contribution in [0.1, 0.15) is 6.42 Å². The lowest BCUT2D eigenvalue weighted by atomic mass is 9.79. The van der Waals surface area contributed by atoms with Gasteiger partial charge in [0.05, 0.1) is 48.5 Å². The number of esters is 2. The van der Waals surface area contributed by atoms with E-state index in [0.717, 1.165) is 0 Å². The minimum absolute atomic E-state index is 0.0489. The molecule has 1 aromatic rings. The van der Waals surface area contributed by atoms with Crippen LogP contribution in [0.25, 0.3) is 0 Å². The molecule has 3 unspecified atom stereocenters. The van der Waals surface area contributed by atoms with Gasteiger partial charge in [0.1, 0.15) is 5.25 Å². The predicted molar refractivity (Wildman–Crippen MR) is 103 cm³/mol. The normalized spacial score (nSPS) is 16.0. The molecule has 0 aliphatic heterocycles. The van der Waals surface area contributed by atoms with Gasteiger partial charge in [-0.15, -0.1) is 0 Å². The average Bonchev–Trinajstić information content (AvgIpc) is 2.82. The Morgan fingerprint density at radius 1 is 0.690 bits per heavy atom. The van der Waals surface area contributed by atoms with Crippen molar-refractivity contribution in [3.8, 4) is 0 Å². The van der Waals surface area contributed by atoms with Gasteiger partial charge >= 0.3 is 36.6 Å².